The van der Waals surface area contributed by atoms with Crippen LogP contribution in [0.25, 0.3) is 0 Å². The second-order valence-corrected chi connectivity index (χ2v) is 31.1. The molecule has 3 fully saturated rings. The SMILES string of the molecule is C=C(C)C1CCC(C)(O)CC1.C=C(C)C1CCC(C)=CC1c1c(O)c(C)c(CC2CN(C(C)=O)C2)c(C)c1O.CC(=O)N1CC(Cc2c(C)c(O)cc(O)c2C)C1.CC(I)I.CCI.ICI. The van der Waals surface area contributed by atoms with Gasteiger partial charge in [-0.05, 0) is 175 Å². The molecule has 2 saturated heterocycles. The van der Waals surface area contributed by atoms with Crippen molar-refractivity contribution in [3.05, 3.63) is 81.0 Å². The number of alkyl halides is 5. The molecule has 4 aliphatic rings. The number of nitrogens with zero attached hydrogens (tertiary/aromatic N) is 2. The summed E-state index contributed by atoms with van der Waals surface area (Å²) in [7, 11) is 0. The number of benzene rings is 2. The first kappa shape index (κ1) is 64.4. The Labute approximate surface area is 473 Å². The van der Waals surface area contributed by atoms with E-state index in [1.54, 1.807) is 18.7 Å². The number of hydrogen-bond donors (Lipinski definition) is 5. The molecular formula is C53H81I5N2O7. The molecule has 2 aromatic rings. The standard InChI is InChI=1S/C24H33NO3.C14H19NO3.C10H18O.C2H4I2.C2H5I.CH2I2/c1-13(2)19-8-7-14(3)9-21(19)22-23(27)15(4)20(16(5)24(22)28)10-18-11-25(12-18)17(6)26;1-8-12(9(2)14(18)5-13(8)17)4-11-6-15(7-11)10(3)16;1-8(2)9-4-6-10(3,11)7-5-9;1-2(3)4;1-2-3;2-1-3/h9,18-19,21,27-28H,1,7-8,10-12H2,2-6H3;5,11,17-18H,4,6-7H2,1-3H3;9,11H,1,4-7H2,2-3H3;2H,1H3;2H2,1H3;1H2. The summed E-state index contributed by atoms with van der Waals surface area (Å²) in [6.45, 7) is 34.3. The average molecular weight is 1490 g/mol. The number of carbonyl (C=O) groups is 2. The molecule has 2 aliphatic carbocycles. The van der Waals surface area contributed by atoms with Gasteiger partial charge in [0, 0.05) is 57.6 Å². The van der Waals surface area contributed by atoms with Gasteiger partial charge in [0.1, 0.15) is 23.0 Å². The van der Waals surface area contributed by atoms with Gasteiger partial charge in [0.2, 0.25) is 11.8 Å². The van der Waals surface area contributed by atoms with E-state index in [4.69, 9.17) is 0 Å². The Morgan fingerprint density at radius 2 is 1.09 bits per heavy atom. The summed E-state index contributed by atoms with van der Waals surface area (Å²) in [6, 6.07) is 1.39. The van der Waals surface area contributed by atoms with Gasteiger partial charge in [-0.1, -0.05) is 156 Å². The van der Waals surface area contributed by atoms with Gasteiger partial charge in [-0.25, -0.2) is 0 Å². The monoisotopic (exact) mass is 1490 g/mol. The zero-order chi connectivity index (χ0) is 51.7. The fourth-order valence-corrected chi connectivity index (χ4v) is 9.08. The Kier molecular flexibility index (Phi) is 29.9. The number of allylic oxidation sites excluding steroid dienone is 4. The van der Waals surface area contributed by atoms with Crippen LogP contribution < -0.4 is 0 Å². The molecule has 2 aromatic carbocycles. The molecule has 0 spiro atoms. The van der Waals surface area contributed by atoms with Crippen LogP contribution in [0.15, 0.2) is 42.0 Å². The zero-order valence-corrected chi connectivity index (χ0v) is 53.1. The number of aromatic hydroxyl groups is 4. The molecule has 0 bridgehead atoms. The molecule has 5 N–H and O–H groups in total. The van der Waals surface area contributed by atoms with E-state index in [1.165, 1.54) is 24.1 Å². The molecule has 2 unspecified atom stereocenters. The van der Waals surface area contributed by atoms with E-state index in [9.17, 15) is 35.1 Å². The second kappa shape index (κ2) is 31.1. The summed E-state index contributed by atoms with van der Waals surface area (Å²) in [4.78, 5) is 26.2. The zero-order valence-electron chi connectivity index (χ0n) is 42.3. The van der Waals surface area contributed by atoms with Crippen LogP contribution in [0, 0.1) is 51.4 Å². The summed E-state index contributed by atoms with van der Waals surface area (Å²) in [5.41, 5.74) is 9.27. The molecule has 6 rings (SSSR count). The van der Waals surface area contributed by atoms with Gasteiger partial charge in [0.25, 0.3) is 0 Å². The third kappa shape index (κ3) is 20.8. The number of likely N-dealkylation sites (tertiary alicyclic amines) is 2. The van der Waals surface area contributed by atoms with E-state index in [1.807, 2.05) is 46.4 Å². The molecule has 1 saturated carbocycles. The minimum Gasteiger partial charge on any atom is -0.508 e. The lowest BCUT2D eigenvalue weighted by atomic mass is 9.72. The van der Waals surface area contributed by atoms with Crippen molar-refractivity contribution >= 4 is 125 Å². The smallest absolute Gasteiger partial charge is 0.219 e. The summed E-state index contributed by atoms with van der Waals surface area (Å²) >= 11 is 11.5. The third-order valence-corrected chi connectivity index (χ3v) is 13.3. The van der Waals surface area contributed by atoms with Crippen LogP contribution in [0.5, 0.6) is 23.0 Å². The minimum absolute atomic E-state index is 0.0467. The Morgan fingerprint density at radius 3 is 1.42 bits per heavy atom. The number of carbonyl (C=O) groups excluding carboxylic acids is 2. The maximum absolute atomic E-state index is 11.4. The van der Waals surface area contributed by atoms with Crippen molar-refractivity contribution in [1.82, 2.24) is 9.80 Å². The van der Waals surface area contributed by atoms with Crippen LogP contribution in [0.1, 0.15) is 139 Å². The van der Waals surface area contributed by atoms with Gasteiger partial charge in [-0.3, -0.25) is 9.59 Å². The van der Waals surface area contributed by atoms with Crippen LogP contribution in [-0.4, -0.2) is 87.7 Å². The Hall–Kier alpha value is -0.590. The number of amides is 2. The summed E-state index contributed by atoms with van der Waals surface area (Å²) in [6.07, 6.45) is 9.87. The highest BCUT2D eigenvalue weighted by molar-refractivity contribution is 14.2. The Balaban J connectivity index is 0.000000490. The van der Waals surface area contributed by atoms with Crippen LogP contribution in [-0.2, 0) is 22.4 Å². The van der Waals surface area contributed by atoms with Gasteiger partial charge in [-0.2, -0.15) is 0 Å². The molecule has 9 nitrogen and oxygen atoms in total. The number of halogens is 5. The largest absolute Gasteiger partial charge is 0.508 e. The highest BCUT2D eigenvalue weighted by atomic mass is 127. The lowest BCUT2D eigenvalue weighted by Crippen LogP contribution is -2.49. The lowest BCUT2D eigenvalue weighted by Gasteiger charge is -2.39. The second-order valence-electron chi connectivity index (χ2n) is 19.0. The van der Waals surface area contributed by atoms with Crippen molar-refractivity contribution in [2.24, 2.45) is 23.7 Å². The Bertz CT molecular complexity index is 1920. The van der Waals surface area contributed by atoms with Crippen molar-refractivity contribution in [2.45, 2.75) is 148 Å². The molecule has 2 aliphatic heterocycles. The molecule has 380 valence electrons. The highest BCUT2D eigenvalue weighted by Crippen LogP contribution is 2.49. The molecule has 2 amide bonds. The van der Waals surface area contributed by atoms with Crippen molar-refractivity contribution in [1.29, 1.82) is 0 Å². The van der Waals surface area contributed by atoms with Crippen LogP contribution in [0.2, 0.25) is 0 Å². The molecule has 0 radical (unpaired) electrons. The lowest BCUT2D eigenvalue weighted by molar-refractivity contribution is -0.135. The summed E-state index contributed by atoms with van der Waals surface area (Å²) in [5, 5.41) is 51.3. The quantitative estimate of drug-likeness (QED) is 0.106. The molecule has 2 atom stereocenters. The predicted octanol–water partition coefficient (Wildman–Crippen LogP) is 14.4. The van der Waals surface area contributed by atoms with E-state index in [2.05, 4.69) is 160 Å². The van der Waals surface area contributed by atoms with E-state index in [-0.39, 0.29) is 46.6 Å². The van der Waals surface area contributed by atoms with Crippen molar-refractivity contribution in [2.75, 3.05) is 33.0 Å². The first-order valence-corrected chi connectivity index (χ1v) is 30.4. The normalized spacial score (nSPS) is 21.1. The van der Waals surface area contributed by atoms with E-state index in [0.29, 0.717) is 23.3 Å². The maximum Gasteiger partial charge on any atom is 0.219 e. The molecule has 14 heteroatoms. The van der Waals surface area contributed by atoms with Gasteiger partial charge < -0.3 is 35.3 Å². The fraction of sp³-hybridized carbons (Fsp3) is 0.623. The molecular weight excluding hydrogens is 1410 g/mol. The van der Waals surface area contributed by atoms with E-state index >= 15 is 0 Å². The predicted molar refractivity (Wildman–Crippen MR) is 324 cm³/mol. The van der Waals surface area contributed by atoms with Gasteiger partial charge >= 0.3 is 0 Å². The molecule has 0 aromatic heterocycles. The van der Waals surface area contributed by atoms with Gasteiger partial charge in [0.15, 0.2) is 0 Å². The number of phenols is 4. The highest BCUT2D eigenvalue weighted by Gasteiger charge is 2.35. The minimum atomic E-state index is -0.397. The van der Waals surface area contributed by atoms with Crippen molar-refractivity contribution in [3.63, 3.8) is 0 Å². The number of hydrogen-bond acceptors (Lipinski definition) is 7. The number of aliphatic hydroxyl groups is 1. The first-order chi connectivity index (χ1) is 31.1. The fourth-order valence-electron chi connectivity index (χ4n) is 9.08. The first-order valence-electron chi connectivity index (χ1n) is 23.3. The molecule has 67 heavy (non-hydrogen) atoms. The number of rotatable bonds is 7. The van der Waals surface area contributed by atoms with Gasteiger partial charge in [-0.15, -0.1) is 0 Å². The van der Waals surface area contributed by atoms with E-state index < -0.39 is 5.60 Å². The Morgan fingerprint density at radius 1 is 0.731 bits per heavy atom. The van der Waals surface area contributed by atoms with Gasteiger partial charge in [0.05, 0.1) is 9.97 Å². The molecule has 2 heterocycles. The maximum atomic E-state index is 11.4. The van der Waals surface area contributed by atoms with Crippen LogP contribution in [0.3, 0.4) is 0 Å². The van der Waals surface area contributed by atoms with Crippen molar-refractivity contribution in [3.8, 4) is 23.0 Å². The summed E-state index contributed by atoms with van der Waals surface area (Å²) < 4.78 is 3.18. The number of phenolic OH excluding ortho intramolecular Hbond substituents is 4. The van der Waals surface area contributed by atoms with Crippen LogP contribution >= 0.6 is 113 Å². The third-order valence-electron chi connectivity index (χ3n) is 13.3. The summed E-state index contributed by atoms with van der Waals surface area (Å²) in [5.74, 6) is 2.55. The average Bonchev–Trinajstić information content (AvgIpc) is 3.18. The van der Waals surface area contributed by atoms with E-state index in [0.717, 1.165) is 118 Å². The topological polar surface area (TPSA) is 142 Å². The van der Waals surface area contributed by atoms with Crippen LogP contribution in [0.4, 0.5) is 0 Å². The van der Waals surface area contributed by atoms with Crippen molar-refractivity contribution < 1.29 is 35.1 Å².